The fraction of sp³-hybridized carbons (Fsp3) is 0.714. The van der Waals surface area contributed by atoms with Gasteiger partial charge in [0.15, 0.2) is 17.5 Å². The number of benzene rings is 1. The third-order valence-electron chi connectivity index (χ3n) is 5.08. The van der Waals surface area contributed by atoms with Crippen molar-refractivity contribution in [2.75, 3.05) is 21.3 Å². The molecule has 27 heavy (non-hydrogen) atoms. The lowest BCUT2D eigenvalue weighted by atomic mass is 9.91. The van der Waals surface area contributed by atoms with Gasteiger partial charge in [-0.15, -0.1) is 0 Å². The van der Waals surface area contributed by atoms with Gasteiger partial charge in [-0.25, -0.2) is 13.2 Å². The topological polar surface area (TPSA) is 27.7 Å². The normalized spacial score (nSPS) is 13.1. The molecule has 0 amide bonds. The van der Waals surface area contributed by atoms with Crippen LogP contribution in [0.2, 0.25) is 0 Å². The summed E-state index contributed by atoms with van der Waals surface area (Å²) in [4.78, 5) is 0. The van der Waals surface area contributed by atoms with E-state index in [2.05, 4.69) is 6.92 Å². The zero-order chi connectivity index (χ0) is 20.3. The molecule has 156 valence electrons. The second kappa shape index (κ2) is 12.4. The van der Waals surface area contributed by atoms with Gasteiger partial charge in [-0.1, -0.05) is 45.4 Å². The van der Waals surface area contributed by atoms with E-state index in [4.69, 9.17) is 14.2 Å². The quantitative estimate of drug-likeness (QED) is 0.222. The molecule has 1 rings (SSSR count). The molecule has 1 aromatic rings. The second-order valence-electron chi connectivity index (χ2n) is 6.88. The van der Waals surface area contributed by atoms with Gasteiger partial charge in [0.2, 0.25) is 0 Å². The van der Waals surface area contributed by atoms with Crippen LogP contribution < -0.4 is 0 Å². The predicted octanol–water partition coefficient (Wildman–Crippen LogP) is 6.00. The molecule has 0 saturated carbocycles. The predicted molar refractivity (Wildman–Crippen MR) is 99.9 cm³/mol. The minimum absolute atomic E-state index is 0.125. The lowest BCUT2D eigenvalue weighted by Crippen LogP contribution is -2.44. The van der Waals surface area contributed by atoms with Crippen LogP contribution >= 0.6 is 0 Å². The van der Waals surface area contributed by atoms with E-state index in [9.17, 15) is 13.2 Å². The van der Waals surface area contributed by atoms with Crippen LogP contribution in [-0.2, 0) is 20.6 Å². The average molecular weight is 390 g/mol. The Morgan fingerprint density at radius 3 is 1.85 bits per heavy atom. The minimum Gasteiger partial charge on any atom is -0.331 e. The molecule has 0 aromatic heterocycles. The highest BCUT2D eigenvalue weighted by molar-refractivity contribution is 5.19. The van der Waals surface area contributed by atoms with Crippen molar-refractivity contribution < 1.29 is 27.4 Å². The fourth-order valence-electron chi connectivity index (χ4n) is 3.51. The van der Waals surface area contributed by atoms with E-state index in [-0.39, 0.29) is 5.92 Å². The van der Waals surface area contributed by atoms with Crippen LogP contribution in [0, 0.1) is 23.4 Å². The zero-order valence-corrected chi connectivity index (χ0v) is 17.0. The molecule has 0 fully saturated rings. The third kappa shape index (κ3) is 7.09. The molecule has 0 heterocycles. The van der Waals surface area contributed by atoms with Crippen LogP contribution in [0.15, 0.2) is 12.1 Å². The summed E-state index contributed by atoms with van der Waals surface area (Å²) in [5, 5.41) is 0. The highest BCUT2D eigenvalue weighted by Crippen LogP contribution is 2.32. The van der Waals surface area contributed by atoms with E-state index in [1.54, 1.807) is 0 Å². The maximum absolute atomic E-state index is 13.5. The van der Waals surface area contributed by atoms with Crippen molar-refractivity contribution in [3.8, 4) is 0 Å². The van der Waals surface area contributed by atoms with Gasteiger partial charge < -0.3 is 14.2 Å². The molecule has 0 aliphatic carbocycles. The standard InChI is InChI=1S/C21H33F3O3/c1-5-6-7-8-9-10-11-17(21(25-2,26-3)27-4)13-12-16-14-18(22)20(24)19(23)15-16/h14-15,17H,5-13H2,1-4H3. The Kier molecular flexibility index (Phi) is 11.0. The van der Waals surface area contributed by atoms with Gasteiger partial charge in [-0.05, 0) is 37.0 Å². The van der Waals surface area contributed by atoms with Gasteiger partial charge in [0.25, 0.3) is 5.97 Å². The van der Waals surface area contributed by atoms with E-state index < -0.39 is 23.4 Å². The zero-order valence-electron chi connectivity index (χ0n) is 17.0. The van der Waals surface area contributed by atoms with Gasteiger partial charge in [-0.2, -0.15) is 0 Å². The van der Waals surface area contributed by atoms with Crippen LogP contribution in [0.4, 0.5) is 13.2 Å². The van der Waals surface area contributed by atoms with Crippen LogP contribution in [0.5, 0.6) is 0 Å². The summed E-state index contributed by atoms with van der Waals surface area (Å²) in [6.45, 7) is 2.18. The molecular weight excluding hydrogens is 357 g/mol. The van der Waals surface area contributed by atoms with Gasteiger partial charge >= 0.3 is 0 Å². The molecule has 0 aliphatic rings. The van der Waals surface area contributed by atoms with Crippen LogP contribution in [0.25, 0.3) is 0 Å². The summed E-state index contributed by atoms with van der Waals surface area (Å²) in [5.41, 5.74) is 0.400. The highest BCUT2D eigenvalue weighted by Gasteiger charge is 2.39. The van der Waals surface area contributed by atoms with Crippen LogP contribution in [0.1, 0.15) is 63.9 Å². The smallest absolute Gasteiger partial charge is 0.285 e. The Morgan fingerprint density at radius 2 is 1.33 bits per heavy atom. The number of hydrogen-bond acceptors (Lipinski definition) is 3. The lowest BCUT2D eigenvalue weighted by molar-refractivity contribution is -0.380. The molecule has 1 aromatic carbocycles. The molecular formula is C21H33F3O3. The summed E-state index contributed by atoms with van der Waals surface area (Å²) >= 11 is 0. The van der Waals surface area contributed by atoms with Crippen molar-refractivity contribution in [3.05, 3.63) is 35.1 Å². The van der Waals surface area contributed by atoms with E-state index >= 15 is 0 Å². The van der Waals surface area contributed by atoms with Crippen molar-refractivity contribution in [1.82, 2.24) is 0 Å². The molecule has 1 atom stereocenters. The third-order valence-corrected chi connectivity index (χ3v) is 5.08. The fourth-order valence-corrected chi connectivity index (χ4v) is 3.51. The first kappa shape index (κ1) is 23.9. The molecule has 3 nitrogen and oxygen atoms in total. The van der Waals surface area contributed by atoms with Crippen molar-refractivity contribution in [2.24, 2.45) is 5.92 Å². The molecule has 0 spiro atoms. The number of rotatable bonds is 14. The van der Waals surface area contributed by atoms with Crippen molar-refractivity contribution in [2.45, 2.75) is 70.7 Å². The van der Waals surface area contributed by atoms with E-state index in [1.165, 1.54) is 47.0 Å². The number of halogens is 3. The van der Waals surface area contributed by atoms with E-state index in [1.807, 2.05) is 0 Å². The molecule has 0 aliphatic heterocycles. The summed E-state index contributed by atoms with van der Waals surface area (Å²) in [6, 6.07) is 2.07. The Labute approximate surface area is 161 Å². The number of ether oxygens (including phenoxy) is 3. The van der Waals surface area contributed by atoms with Crippen molar-refractivity contribution in [3.63, 3.8) is 0 Å². The van der Waals surface area contributed by atoms with Gasteiger partial charge in [0.05, 0.1) is 0 Å². The monoisotopic (exact) mass is 390 g/mol. The van der Waals surface area contributed by atoms with Crippen molar-refractivity contribution in [1.29, 1.82) is 0 Å². The van der Waals surface area contributed by atoms with Gasteiger partial charge in [0.1, 0.15) is 0 Å². The maximum atomic E-state index is 13.5. The number of unbranched alkanes of at least 4 members (excludes halogenated alkanes) is 5. The first-order chi connectivity index (χ1) is 12.9. The minimum atomic E-state index is -1.44. The van der Waals surface area contributed by atoms with E-state index in [0.29, 0.717) is 18.4 Å². The highest BCUT2D eigenvalue weighted by atomic mass is 19.2. The average Bonchev–Trinajstić information content (AvgIpc) is 2.67. The van der Waals surface area contributed by atoms with Crippen molar-refractivity contribution >= 4 is 0 Å². The SMILES string of the molecule is CCCCCCCCC(CCc1cc(F)c(F)c(F)c1)C(OC)(OC)OC. The summed E-state index contributed by atoms with van der Waals surface area (Å²) in [7, 11) is 4.54. The molecule has 0 N–H and O–H groups in total. The van der Waals surface area contributed by atoms with Gasteiger partial charge in [-0.3, -0.25) is 0 Å². The first-order valence-electron chi connectivity index (χ1n) is 9.72. The lowest BCUT2D eigenvalue weighted by Gasteiger charge is -2.36. The van der Waals surface area contributed by atoms with E-state index in [0.717, 1.165) is 31.4 Å². The Balaban J connectivity index is 2.76. The number of aryl methyl sites for hydroxylation is 1. The summed E-state index contributed by atoms with van der Waals surface area (Å²) in [6.07, 6.45) is 8.63. The van der Waals surface area contributed by atoms with Gasteiger partial charge in [0, 0.05) is 27.2 Å². The van der Waals surface area contributed by atoms with Crippen LogP contribution in [-0.4, -0.2) is 27.3 Å². The molecule has 0 saturated heterocycles. The number of methoxy groups -OCH3 is 3. The Hall–Kier alpha value is -1.11. The molecule has 0 bridgehead atoms. The Morgan fingerprint density at radius 1 is 0.815 bits per heavy atom. The molecule has 0 radical (unpaired) electrons. The Bertz CT molecular complexity index is 516. The molecule has 1 unspecified atom stereocenters. The number of hydrogen-bond donors (Lipinski definition) is 0. The largest absolute Gasteiger partial charge is 0.331 e. The maximum Gasteiger partial charge on any atom is 0.285 e. The summed E-state index contributed by atoms with van der Waals surface area (Å²) < 4.78 is 56.6. The second-order valence-corrected chi connectivity index (χ2v) is 6.88. The molecule has 6 heteroatoms. The first-order valence-corrected chi connectivity index (χ1v) is 9.72. The summed E-state index contributed by atoms with van der Waals surface area (Å²) in [5.74, 6) is -5.12. The van der Waals surface area contributed by atoms with Crippen LogP contribution in [0.3, 0.4) is 0 Å².